The molecule has 3 rings (SSSR count). The lowest BCUT2D eigenvalue weighted by Gasteiger charge is -2.35. The highest BCUT2D eigenvalue weighted by Gasteiger charge is 2.24. The van der Waals surface area contributed by atoms with Gasteiger partial charge in [-0.3, -0.25) is 14.4 Å². The lowest BCUT2D eigenvalue weighted by molar-refractivity contribution is 0.0603. The van der Waals surface area contributed by atoms with E-state index in [0.29, 0.717) is 32.1 Å². The van der Waals surface area contributed by atoms with E-state index in [2.05, 4.69) is 14.8 Å². The maximum Gasteiger partial charge on any atom is 0.409 e. The smallest absolute Gasteiger partial charge is 0.409 e. The Morgan fingerprint density at radius 3 is 2.52 bits per heavy atom. The predicted octanol–water partition coefficient (Wildman–Crippen LogP) is 0.848. The van der Waals surface area contributed by atoms with Crippen molar-refractivity contribution >= 4 is 6.09 Å². The highest BCUT2D eigenvalue weighted by Crippen LogP contribution is 2.15. The van der Waals surface area contributed by atoms with Crippen molar-refractivity contribution in [2.75, 3.05) is 52.4 Å². The van der Waals surface area contributed by atoms with Crippen LogP contribution in [0.15, 0.2) is 12.4 Å². The van der Waals surface area contributed by atoms with Gasteiger partial charge in [-0.05, 0) is 0 Å². The molecule has 1 amide bonds. The number of rotatable bonds is 6. The van der Waals surface area contributed by atoms with Crippen molar-refractivity contribution in [1.82, 2.24) is 24.3 Å². The first-order valence-electron chi connectivity index (χ1n) is 7.80. The number of amides is 1. The van der Waals surface area contributed by atoms with Crippen LogP contribution in [0.25, 0.3) is 0 Å². The van der Waals surface area contributed by atoms with Gasteiger partial charge in [-0.25, -0.2) is 9.78 Å². The van der Waals surface area contributed by atoms with Gasteiger partial charge in [-0.2, -0.15) is 8.78 Å². The number of cyclic esters (lactones) is 1. The Bertz CT molecular complexity index is 531. The number of imidazole rings is 1. The van der Waals surface area contributed by atoms with Crippen molar-refractivity contribution in [3.05, 3.63) is 18.2 Å². The van der Waals surface area contributed by atoms with Gasteiger partial charge in [0.1, 0.15) is 12.4 Å². The molecule has 1 aromatic rings. The van der Waals surface area contributed by atoms with E-state index < -0.39 is 6.55 Å². The second kappa shape index (κ2) is 7.22. The number of hydrogen-bond donors (Lipinski definition) is 0. The summed E-state index contributed by atoms with van der Waals surface area (Å²) in [5.74, 6) is 0.397. The number of nitrogens with zero attached hydrogens (tertiary/aromatic N) is 5. The maximum atomic E-state index is 12.8. The average molecular weight is 329 g/mol. The van der Waals surface area contributed by atoms with Crippen LogP contribution in [0.5, 0.6) is 0 Å². The molecule has 0 atom stereocenters. The van der Waals surface area contributed by atoms with Crippen molar-refractivity contribution in [2.45, 2.75) is 13.1 Å². The Morgan fingerprint density at radius 2 is 1.87 bits per heavy atom. The molecule has 2 saturated heterocycles. The molecule has 0 N–H and O–H groups in total. The summed E-state index contributed by atoms with van der Waals surface area (Å²) in [4.78, 5) is 21.5. The average Bonchev–Trinajstić information content (AvgIpc) is 3.16. The standard InChI is InChI=1S/C14H21F2N5O2/c15-13(16)21-2-1-17-12(21)11-19-5-3-18(4-6-19)7-8-20-9-10-23-14(20)22/h1-2,13H,3-11H2. The van der Waals surface area contributed by atoms with Gasteiger partial charge < -0.3 is 9.64 Å². The number of aromatic nitrogens is 2. The van der Waals surface area contributed by atoms with Gasteiger partial charge in [0, 0.05) is 51.7 Å². The van der Waals surface area contributed by atoms with Crippen molar-refractivity contribution in [3.63, 3.8) is 0 Å². The molecule has 7 nitrogen and oxygen atoms in total. The zero-order chi connectivity index (χ0) is 16.2. The van der Waals surface area contributed by atoms with Gasteiger partial charge in [0.15, 0.2) is 0 Å². The summed E-state index contributed by atoms with van der Waals surface area (Å²) in [6.07, 6.45) is 2.49. The minimum atomic E-state index is -2.55. The molecule has 0 bridgehead atoms. The summed E-state index contributed by atoms with van der Waals surface area (Å²) in [7, 11) is 0. The van der Waals surface area contributed by atoms with E-state index in [-0.39, 0.29) is 6.09 Å². The van der Waals surface area contributed by atoms with Crippen LogP contribution < -0.4 is 0 Å². The molecule has 23 heavy (non-hydrogen) atoms. The first kappa shape index (κ1) is 16.1. The molecule has 2 aliphatic heterocycles. The Balaban J connectivity index is 1.41. The highest BCUT2D eigenvalue weighted by atomic mass is 19.3. The summed E-state index contributed by atoms with van der Waals surface area (Å²) in [5.41, 5.74) is 0. The van der Waals surface area contributed by atoms with E-state index in [4.69, 9.17) is 4.74 Å². The molecule has 0 aliphatic carbocycles. The third-order valence-electron chi connectivity index (χ3n) is 4.32. The monoisotopic (exact) mass is 329 g/mol. The van der Waals surface area contributed by atoms with E-state index in [0.717, 1.165) is 37.3 Å². The zero-order valence-electron chi connectivity index (χ0n) is 12.9. The van der Waals surface area contributed by atoms with Crippen molar-refractivity contribution in [1.29, 1.82) is 0 Å². The molecule has 9 heteroatoms. The van der Waals surface area contributed by atoms with Gasteiger partial charge >= 0.3 is 12.6 Å². The van der Waals surface area contributed by atoms with Gasteiger partial charge in [-0.1, -0.05) is 0 Å². The van der Waals surface area contributed by atoms with E-state index in [1.165, 1.54) is 12.4 Å². The minimum absolute atomic E-state index is 0.234. The number of ether oxygens (including phenoxy) is 1. The van der Waals surface area contributed by atoms with Crippen LogP contribution >= 0.6 is 0 Å². The van der Waals surface area contributed by atoms with Crippen molar-refractivity contribution < 1.29 is 18.3 Å². The molecular formula is C14H21F2N5O2. The summed E-state index contributed by atoms with van der Waals surface area (Å²) in [5, 5.41) is 0. The number of halogens is 2. The second-order valence-electron chi connectivity index (χ2n) is 5.75. The number of hydrogen-bond acceptors (Lipinski definition) is 5. The molecule has 0 aromatic carbocycles. The van der Waals surface area contributed by atoms with E-state index in [9.17, 15) is 13.6 Å². The van der Waals surface area contributed by atoms with Crippen LogP contribution in [-0.4, -0.2) is 82.8 Å². The lowest BCUT2D eigenvalue weighted by Crippen LogP contribution is -2.48. The molecule has 2 fully saturated rings. The molecule has 2 aliphatic rings. The van der Waals surface area contributed by atoms with Crippen molar-refractivity contribution in [2.24, 2.45) is 0 Å². The number of carbonyl (C=O) groups excluding carboxylic acids is 1. The molecule has 128 valence electrons. The van der Waals surface area contributed by atoms with Crippen LogP contribution in [0.2, 0.25) is 0 Å². The number of carbonyl (C=O) groups is 1. The zero-order valence-corrected chi connectivity index (χ0v) is 12.9. The fourth-order valence-corrected chi connectivity index (χ4v) is 2.91. The molecule has 0 spiro atoms. The predicted molar refractivity (Wildman–Crippen MR) is 78.1 cm³/mol. The van der Waals surface area contributed by atoms with Crippen LogP contribution in [0.1, 0.15) is 12.4 Å². The summed E-state index contributed by atoms with van der Waals surface area (Å²) in [6, 6.07) is 0. The molecule has 0 radical (unpaired) electrons. The molecular weight excluding hydrogens is 308 g/mol. The Hall–Kier alpha value is -1.74. The van der Waals surface area contributed by atoms with E-state index in [1.54, 1.807) is 4.90 Å². The van der Waals surface area contributed by atoms with Gasteiger partial charge in [0.05, 0.1) is 13.1 Å². The Morgan fingerprint density at radius 1 is 1.13 bits per heavy atom. The largest absolute Gasteiger partial charge is 0.448 e. The van der Waals surface area contributed by atoms with E-state index >= 15 is 0 Å². The second-order valence-corrected chi connectivity index (χ2v) is 5.75. The van der Waals surface area contributed by atoms with Gasteiger partial charge in [0.25, 0.3) is 0 Å². The van der Waals surface area contributed by atoms with E-state index in [1.807, 2.05) is 0 Å². The third kappa shape index (κ3) is 3.97. The topological polar surface area (TPSA) is 53.8 Å². The number of piperazine rings is 1. The fraction of sp³-hybridized carbons (Fsp3) is 0.714. The molecule has 0 saturated carbocycles. The highest BCUT2D eigenvalue weighted by molar-refractivity contribution is 5.69. The lowest BCUT2D eigenvalue weighted by atomic mass is 10.3. The molecule has 0 unspecified atom stereocenters. The number of alkyl halides is 2. The summed E-state index contributed by atoms with van der Waals surface area (Å²) >= 11 is 0. The Kier molecular flexibility index (Phi) is 5.06. The molecule has 3 heterocycles. The normalized spacial score (nSPS) is 20.5. The maximum absolute atomic E-state index is 12.8. The first-order chi connectivity index (χ1) is 11.1. The first-order valence-corrected chi connectivity index (χ1v) is 7.80. The Labute approximate surface area is 133 Å². The molecule has 1 aromatic heterocycles. The quantitative estimate of drug-likeness (QED) is 0.774. The van der Waals surface area contributed by atoms with Crippen LogP contribution in [0, 0.1) is 0 Å². The summed E-state index contributed by atoms with van der Waals surface area (Å²) in [6.45, 7) is 3.84. The van der Waals surface area contributed by atoms with Crippen molar-refractivity contribution in [3.8, 4) is 0 Å². The van der Waals surface area contributed by atoms with Gasteiger partial charge in [-0.15, -0.1) is 0 Å². The SMILES string of the molecule is O=C1OCCN1CCN1CCN(Cc2nccn2C(F)F)CC1. The van der Waals surface area contributed by atoms with Crippen LogP contribution in [0.3, 0.4) is 0 Å². The van der Waals surface area contributed by atoms with Crippen LogP contribution in [0.4, 0.5) is 13.6 Å². The third-order valence-corrected chi connectivity index (χ3v) is 4.32. The summed E-state index contributed by atoms with van der Waals surface area (Å²) < 4.78 is 31.4. The fourth-order valence-electron chi connectivity index (χ4n) is 2.91. The van der Waals surface area contributed by atoms with Crippen LogP contribution in [-0.2, 0) is 11.3 Å². The minimum Gasteiger partial charge on any atom is -0.448 e. The van der Waals surface area contributed by atoms with Gasteiger partial charge in [0.2, 0.25) is 0 Å².